The van der Waals surface area contributed by atoms with E-state index in [9.17, 15) is 5.11 Å². The largest absolute Gasteiger partial charge is 0.393 e. The molecule has 0 aliphatic heterocycles. The van der Waals surface area contributed by atoms with Crippen molar-refractivity contribution >= 4 is 11.3 Å². The predicted molar refractivity (Wildman–Crippen MR) is 61.8 cm³/mol. The maximum absolute atomic E-state index is 9.77. The number of hydrogen-bond donors (Lipinski definition) is 2. The summed E-state index contributed by atoms with van der Waals surface area (Å²) in [5, 5.41) is 16.3. The summed E-state index contributed by atoms with van der Waals surface area (Å²) in [7, 11) is 0. The van der Waals surface area contributed by atoms with Crippen LogP contribution in [0.2, 0.25) is 0 Å². The first-order chi connectivity index (χ1) is 7.36. The van der Waals surface area contributed by atoms with Gasteiger partial charge in [-0.1, -0.05) is 12.8 Å². The van der Waals surface area contributed by atoms with Crippen molar-refractivity contribution in [2.45, 2.75) is 38.3 Å². The Hall–Kier alpha value is -0.450. The zero-order valence-corrected chi connectivity index (χ0v) is 9.67. The third kappa shape index (κ3) is 3.26. The van der Waals surface area contributed by atoms with Gasteiger partial charge in [0.05, 0.1) is 6.10 Å². The van der Waals surface area contributed by atoms with Gasteiger partial charge in [0.15, 0.2) is 0 Å². The smallest absolute Gasteiger partial charge is 0.106 e. The van der Waals surface area contributed by atoms with E-state index in [2.05, 4.69) is 10.3 Å². The Kier molecular flexibility index (Phi) is 4.11. The van der Waals surface area contributed by atoms with E-state index in [1.54, 1.807) is 11.3 Å². The number of hydrogen-bond acceptors (Lipinski definition) is 4. The average molecular weight is 226 g/mol. The van der Waals surface area contributed by atoms with Gasteiger partial charge in [0.2, 0.25) is 0 Å². The van der Waals surface area contributed by atoms with Crippen molar-refractivity contribution in [2.24, 2.45) is 5.92 Å². The van der Waals surface area contributed by atoms with Gasteiger partial charge in [-0.25, -0.2) is 4.98 Å². The zero-order valence-electron chi connectivity index (χ0n) is 8.85. The van der Waals surface area contributed by atoms with E-state index >= 15 is 0 Å². The summed E-state index contributed by atoms with van der Waals surface area (Å²) in [6.07, 6.45) is 6.32. The van der Waals surface area contributed by atoms with Gasteiger partial charge in [-0.15, -0.1) is 11.3 Å². The molecule has 1 aliphatic rings. The second kappa shape index (κ2) is 5.58. The highest BCUT2D eigenvalue weighted by atomic mass is 32.1. The lowest BCUT2D eigenvalue weighted by atomic mass is 9.86. The molecule has 1 fully saturated rings. The predicted octanol–water partition coefficient (Wildman–Crippen LogP) is 1.78. The van der Waals surface area contributed by atoms with Crippen LogP contribution in [0.4, 0.5) is 0 Å². The molecule has 1 heterocycles. The molecule has 1 aliphatic carbocycles. The number of rotatable bonds is 4. The van der Waals surface area contributed by atoms with E-state index in [1.807, 2.05) is 11.6 Å². The minimum Gasteiger partial charge on any atom is -0.393 e. The van der Waals surface area contributed by atoms with Crippen molar-refractivity contribution < 1.29 is 5.11 Å². The minimum absolute atomic E-state index is 0.0949. The standard InChI is InChI=1S/C11H18N2OS/c14-10-4-2-1-3-9(10)7-12-8-11-13-5-6-15-11/h5-6,9-10,12,14H,1-4,7-8H2. The van der Waals surface area contributed by atoms with Crippen molar-refractivity contribution in [3.8, 4) is 0 Å². The van der Waals surface area contributed by atoms with Crippen LogP contribution in [0.3, 0.4) is 0 Å². The van der Waals surface area contributed by atoms with Crippen LogP contribution < -0.4 is 5.32 Å². The molecule has 2 N–H and O–H groups in total. The van der Waals surface area contributed by atoms with E-state index < -0.39 is 0 Å². The van der Waals surface area contributed by atoms with Gasteiger partial charge in [-0.2, -0.15) is 0 Å². The number of nitrogens with zero attached hydrogens (tertiary/aromatic N) is 1. The highest BCUT2D eigenvalue weighted by Crippen LogP contribution is 2.23. The Bertz CT molecular complexity index is 276. The Morgan fingerprint density at radius 3 is 3.07 bits per heavy atom. The van der Waals surface area contributed by atoms with Gasteiger partial charge >= 0.3 is 0 Å². The molecule has 84 valence electrons. The fraction of sp³-hybridized carbons (Fsp3) is 0.727. The van der Waals surface area contributed by atoms with Crippen molar-refractivity contribution in [2.75, 3.05) is 6.54 Å². The highest BCUT2D eigenvalue weighted by molar-refractivity contribution is 7.09. The summed E-state index contributed by atoms with van der Waals surface area (Å²) in [6, 6.07) is 0. The van der Waals surface area contributed by atoms with Crippen molar-refractivity contribution in [1.82, 2.24) is 10.3 Å². The molecular weight excluding hydrogens is 208 g/mol. The summed E-state index contributed by atoms with van der Waals surface area (Å²) in [6.45, 7) is 1.75. The molecule has 2 unspecified atom stereocenters. The Labute approximate surface area is 94.5 Å². The molecule has 0 spiro atoms. The molecule has 15 heavy (non-hydrogen) atoms. The van der Waals surface area contributed by atoms with Crippen LogP contribution in [0, 0.1) is 5.92 Å². The van der Waals surface area contributed by atoms with Crippen LogP contribution in [-0.2, 0) is 6.54 Å². The summed E-state index contributed by atoms with van der Waals surface area (Å²) >= 11 is 1.67. The van der Waals surface area contributed by atoms with E-state index in [0.29, 0.717) is 5.92 Å². The third-order valence-corrected chi connectivity index (χ3v) is 3.81. The average Bonchev–Trinajstić information content (AvgIpc) is 2.74. The first-order valence-electron chi connectivity index (χ1n) is 5.63. The lowest BCUT2D eigenvalue weighted by Gasteiger charge is -2.27. The lowest BCUT2D eigenvalue weighted by molar-refractivity contribution is 0.0695. The lowest BCUT2D eigenvalue weighted by Crippen LogP contribution is -2.33. The van der Waals surface area contributed by atoms with E-state index in [1.165, 1.54) is 12.8 Å². The van der Waals surface area contributed by atoms with Gasteiger partial charge < -0.3 is 10.4 Å². The zero-order chi connectivity index (χ0) is 10.5. The molecule has 2 atom stereocenters. The van der Waals surface area contributed by atoms with Crippen molar-refractivity contribution in [1.29, 1.82) is 0 Å². The number of nitrogens with one attached hydrogen (secondary N) is 1. The quantitative estimate of drug-likeness (QED) is 0.822. The molecule has 0 saturated heterocycles. The van der Waals surface area contributed by atoms with Crippen LogP contribution in [0.1, 0.15) is 30.7 Å². The maximum atomic E-state index is 9.77. The highest BCUT2D eigenvalue weighted by Gasteiger charge is 2.22. The SMILES string of the molecule is OC1CCCCC1CNCc1nccs1. The first-order valence-corrected chi connectivity index (χ1v) is 6.51. The molecule has 0 bridgehead atoms. The summed E-state index contributed by atoms with van der Waals surface area (Å²) in [5.74, 6) is 0.443. The van der Waals surface area contributed by atoms with Crippen LogP contribution in [0.5, 0.6) is 0 Å². The molecule has 3 nitrogen and oxygen atoms in total. The molecule has 0 aromatic carbocycles. The number of thiazole rings is 1. The maximum Gasteiger partial charge on any atom is 0.106 e. The Morgan fingerprint density at radius 1 is 1.47 bits per heavy atom. The van der Waals surface area contributed by atoms with Crippen molar-refractivity contribution in [3.63, 3.8) is 0 Å². The molecule has 4 heteroatoms. The number of aromatic nitrogens is 1. The van der Waals surface area contributed by atoms with E-state index in [0.717, 1.165) is 30.9 Å². The third-order valence-electron chi connectivity index (χ3n) is 3.04. The molecule has 0 amide bonds. The van der Waals surface area contributed by atoms with E-state index in [-0.39, 0.29) is 6.10 Å². The molecular formula is C11H18N2OS. The number of aliphatic hydroxyl groups excluding tert-OH is 1. The normalized spacial score (nSPS) is 26.7. The van der Waals surface area contributed by atoms with E-state index in [4.69, 9.17) is 0 Å². The number of aliphatic hydroxyl groups is 1. The van der Waals surface area contributed by atoms with Crippen LogP contribution >= 0.6 is 11.3 Å². The fourth-order valence-corrected chi connectivity index (χ4v) is 2.72. The van der Waals surface area contributed by atoms with Crippen LogP contribution in [-0.4, -0.2) is 22.7 Å². The van der Waals surface area contributed by atoms with Gasteiger partial charge in [0, 0.05) is 24.7 Å². The van der Waals surface area contributed by atoms with Gasteiger partial charge in [-0.05, 0) is 18.8 Å². The fourth-order valence-electron chi connectivity index (χ4n) is 2.13. The van der Waals surface area contributed by atoms with Gasteiger partial charge in [0.1, 0.15) is 5.01 Å². The Morgan fingerprint density at radius 2 is 2.33 bits per heavy atom. The second-order valence-corrected chi connectivity index (χ2v) is 5.15. The molecule has 1 aromatic heterocycles. The monoisotopic (exact) mass is 226 g/mol. The summed E-state index contributed by atoms with van der Waals surface area (Å²) in [5.41, 5.74) is 0. The topological polar surface area (TPSA) is 45.1 Å². The van der Waals surface area contributed by atoms with Gasteiger partial charge in [0.25, 0.3) is 0 Å². The summed E-state index contributed by atoms with van der Waals surface area (Å²) in [4.78, 5) is 4.21. The van der Waals surface area contributed by atoms with Crippen molar-refractivity contribution in [3.05, 3.63) is 16.6 Å². The second-order valence-electron chi connectivity index (χ2n) is 4.17. The van der Waals surface area contributed by atoms with Crippen LogP contribution in [0.15, 0.2) is 11.6 Å². The molecule has 1 saturated carbocycles. The van der Waals surface area contributed by atoms with Crippen LogP contribution in [0.25, 0.3) is 0 Å². The first kappa shape index (κ1) is 11.0. The molecule has 0 radical (unpaired) electrons. The molecule has 2 rings (SSSR count). The Balaban J connectivity index is 1.68. The van der Waals surface area contributed by atoms with Gasteiger partial charge in [-0.3, -0.25) is 0 Å². The summed E-state index contributed by atoms with van der Waals surface area (Å²) < 4.78 is 0. The minimum atomic E-state index is -0.0949. The molecule has 1 aromatic rings.